The summed E-state index contributed by atoms with van der Waals surface area (Å²) in [5.41, 5.74) is 5.83. The predicted octanol–water partition coefficient (Wildman–Crippen LogP) is 2.71. The zero-order chi connectivity index (χ0) is 17.1. The molecule has 0 atom stereocenters. The molecule has 124 valence electrons. The standard InChI is InChI=1S/C16H14BrN3O3S/c17-13-7-6-12(24-13)16(23)19-18-15(22)10-3-1-4-11(9-10)20-8-2-5-14(20)21/h1,3-4,6-7,9H,2,5,8H2,(H,18,22)(H,19,23). The van der Waals surface area contributed by atoms with E-state index in [1.807, 2.05) is 0 Å². The van der Waals surface area contributed by atoms with Gasteiger partial charge in [0.25, 0.3) is 11.8 Å². The number of hydrogen-bond donors (Lipinski definition) is 2. The van der Waals surface area contributed by atoms with Gasteiger partial charge in [0.1, 0.15) is 0 Å². The Bertz CT molecular complexity index is 805. The predicted molar refractivity (Wildman–Crippen MR) is 95.0 cm³/mol. The van der Waals surface area contributed by atoms with Crippen molar-refractivity contribution in [3.05, 3.63) is 50.6 Å². The van der Waals surface area contributed by atoms with Crippen LogP contribution < -0.4 is 15.8 Å². The van der Waals surface area contributed by atoms with Gasteiger partial charge >= 0.3 is 0 Å². The summed E-state index contributed by atoms with van der Waals surface area (Å²) in [5.74, 6) is -0.762. The van der Waals surface area contributed by atoms with Crippen LogP contribution in [0.3, 0.4) is 0 Å². The van der Waals surface area contributed by atoms with Crippen molar-refractivity contribution in [2.75, 3.05) is 11.4 Å². The SMILES string of the molecule is O=C(NNC(=O)c1ccc(Br)s1)c1cccc(N2CCCC2=O)c1. The minimum atomic E-state index is -0.438. The molecule has 1 aliphatic heterocycles. The molecular weight excluding hydrogens is 394 g/mol. The zero-order valence-corrected chi connectivity index (χ0v) is 14.9. The van der Waals surface area contributed by atoms with Crippen LogP contribution in [-0.2, 0) is 4.79 Å². The van der Waals surface area contributed by atoms with Gasteiger partial charge in [-0.2, -0.15) is 0 Å². The average Bonchev–Trinajstić information content (AvgIpc) is 3.21. The first-order valence-corrected chi connectivity index (χ1v) is 8.92. The molecule has 0 radical (unpaired) electrons. The molecule has 8 heteroatoms. The van der Waals surface area contributed by atoms with Crippen LogP contribution in [-0.4, -0.2) is 24.3 Å². The van der Waals surface area contributed by atoms with Gasteiger partial charge in [-0.25, -0.2) is 0 Å². The normalized spacial score (nSPS) is 13.9. The second kappa shape index (κ2) is 7.14. The fraction of sp³-hybridized carbons (Fsp3) is 0.188. The number of anilines is 1. The molecule has 6 nitrogen and oxygen atoms in total. The fourth-order valence-electron chi connectivity index (χ4n) is 2.42. The van der Waals surface area contributed by atoms with E-state index in [-0.39, 0.29) is 11.8 Å². The van der Waals surface area contributed by atoms with Crippen molar-refractivity contribution < 1.29 is 14.4 Å². The highest BCUT2D eigenvalue weighted by Gasteiger charge is 2.22. The number of carbonyl (C=O) groups is 3. The second-order valence-corrected chi connectivity index (χ2v) is 7.67. The van der Waals surface area contributed by atoms with Gasteiger partial charge in [-0.05, 0) is 52.7 Å². The first kappa shape index (κ1) is 16.7. The van der Waals surface area contributed by atoms with Gasteiger partial charge in [0.2, 0.25) is 5.91 Å². The number of amides is 3. The number of rotatable bonds is 3. The van der Waals surface area contributed by atoms with Crippen molar-refractivity contribution in [3.63, 3.8) is 0 Å². The third-order valence-corrected chi connectivity index (χ3v) is 5.20. The Labute approximate surface area is 150 Å². The molecule has 24 heavy (non-hydrogen) atoms. The maximum absolute atomic E-state index is 12.2. The van der Waals surface area contributed by atoms with Crippen molar-refractivity contribution in [2.24, 2.45) is 0 Å². The van der Waals surface area contributed by atoms with Crippen LogP contribution in [0.2, 0.25) is 0 Å². The largest absolute Gasteiger partial charge is 0.312 e. The molecule has 2 N–H and O–H groups in total. The molecule has 3 rings (SSSR count). The number of nitrogens with zero attached hydrogens (tertiary/aromatic N) is 1. The fourth-order valence-corrected chi connectivity index (χ4v) is 3.70. The lowest BCUT2D eigenvalue weighted by Gasteiger charge is -2.16. The summed E-state index contributed by atoms with van der Waals surface area (Å²) >= 11 is 4.55. The quantitative estimate of drug-likeness (QED) is 0.767. The van der Waals surface area contributed by atoms with E-state index in [4.69, 9.17) is 0 Å². The molecule has 0 bridgehead atoms. The molecule has 1 aromatic heterocycles. The Kier molecular flexibility index (Phi) is 4.96. The third-order valence-electron chi connectivity index (χ3n) is 3.58. The van der Waals surface area contributed by atoms with Gasteiger partial charge in [0.15, 0.2) is 0 Å². The van der Waals surface area contributed by atoms with Crippen molar-refractivity contribution in [3.8, 4) is 0 Å². The molecule has 1 aromatic carbocycles. The lowest BCUT2D eigenvalue weighted by Crippen LogP contribution is -2.41. The monoisotopic (exact) mass is 407 g/mol. The Hall–Kier alpha value is -2.19. The first-order valence-electron chi connectivity index (χ1n) is 7.31. The number of hydrazine groups is 1. The van der Waals surface area contributed by atoms with Gasteiger partial charge in [-0.1, -0.05) is 6.07 Å². The summed E-state index contributed by atoms with van der Waals surface area (Å²) in [4.78, 5) is 38.1. The molecule has 0 spiro atoms. The lowest BCUT2D eigenvalue weighted by atomic mass is 10.2. The van der Waals surface area contributed by atoms with E-state index in [9.17, 15) is 14.4 Å². The number of nitrogens with one attached hydrogen (secondary N) is 2. The van der Waals surface area contributed by atoms with Crippen molar-refractivity contribution in [1.29, 1.82) is 0 Å². The molecular formula is C16H14BrN3O3S. The number of carbonyl (C=O) groups excluding carboxylic acids is 3. The van der Waals surface area contributed by atoms with Crippen LogP contribution in [0.15, 0.2) is 40.2 Å². The maximum atomic E-state index is 12.2. The smallest absolute Gasteiger partial charge is 0.279 e. The minimum Gasteiger partial charge on any atom is -0.312 e. The van der Waals surface area contributed by atoms with E-state index in [1.54, 1.807) is 41.3 Å². The third kappa shape index (κ3) is 3.65. The van der Waals surface area contributed by atoms with E-state index in [0.29, 0.717) is 29.1 Å². The highest BCUT2D eigenvalue weighted by atomic mass is 79.9. The maximum Gasteiger partial charge on any atom is 0.279 e. The van der Waals surface area contributed by atoms with E-state index in [1.165, 1.54) is 11.3 Å². The summed E-state index contributed by atoms with van der Waals surface area (Å²) in [6, 6.07) is 10.2. The molecule has 2 aromatic rings. The van der Waals surface area contributed by atoms with Crippen LogP contribution in [0.25, 0.3) is 0 Å². The molecule has 2 heterocycles. The lowest BCUT2D eigenvalue weighted by molar-refractivity contribution is -0.117. The van der Waals surface area contributed by atoms with Gasteiger partial charge in [-0.3, -0.25) is 25.2 Å². The summed E-state index contributed by atoms with van der Waals surface area (Å²) < 4.78 is 0.835. The van der Waals surface area contributed by atoms with Crippen LogP contribution in [0, 0.1) is 0 Å². The summed E-state index contributed by atoms with van der Waals surface area (Å²) in [6.07, 6.45) is 1.35. The van der Waals surface area contributed by atoms with Gasteiger partial charge in [-0.15, -0.1) is 11.3 Å². The summed E-state index contributed by atoms with van der Waals surface area (Å²) in [6.45, 7) is 0.661. The average molecular weight is 408 g/mol. The van der Waals surface area contributed by atoms with Crippen molar-refractivity contribution in [2.45, 2.75) is 12.8 Å². The highest BCUT2D eigenvalue weighted by molar-refractivity contribution is 9.11. The Morgan fingerprint density at radius 1 is 1.12 bits per heavy atom. The first-order chi connectivity index (χ1) is 11.5. The topological polar surface area (TPSA) is 78.5 Å². The number of thiophene rings is 1. The van der Waals surface area contributed by atoms with Gasteiger partial charge < -0.3 is 4.90 Å². The summed E-state index contributed by atoms with van der Waals surface area (Å²) in [5, 5.41) is 0. The molecule has 1 fully saturated rings. The zero-order valence-electron chi connectivity index (χ0n) is 12.5. The van der Waals surface area contributed by atoms with Crippen molar-refractivity contribution >= 4 is 50.7 Å². The number of benzene rings is 1. The van der Waals surface area contributed by atoms with Crippen molar-refractivity contribution in [1.82, 2.24) is 10.9 Å². The molecule has 3 amide bonds. The van der Waals surface area contributed by atoms with Crippen LogP contribution in [0.5, 0.6) is 0 Å². The molecule has 0 aliphatic carbocycles. The Morgan fingerprint density at radius 3 is 2.58 bits per heavy atom. The van der Waals surface area contributed by atoms with Gasteiger partial charge in [0, 0.05) is 24.2 Å². The molecule has 0 saturated carbocycles. The number of halogens is 1. The molecule has 1 aliphatic rings. The van der Waals surface area contributed by atoms with Crippen LogP contribution >= 0.6 is 27.3 Å². The molecule has 0 unspecified atom stereocenters. The minimum absolute atomic E-state index is 0.0594. The number of hydrogen-bond acceptors (Lipinski definition) is 4. The Balaban J connectivity index is 1.65. The molecule has 1 saturated heterocycles. The van der Waals surface area contributed by atoms with E-state index < -0.39 is 5.91 Å². The Morgan fingerprint density at radius 2 is 1.92 bits per heavy atom. The van der Waals surface area contributed by atoms with E-state index in [2.05, 4.69) is 26.8 Å². The van der Waals surface area contributed by atoms with Crippen LogP contribution in [0.4, 0.5) is 5.69 Å². The second-order valence-electron chi connectivity index (χ2n) is 5.21. The van der Waals surface area contributed by atoms with E-state index in [0.717, 1.165) is 10.2 Å². The van der Waals surface area contributed by atoms with Gasteiger partial charge in [0.05, 0.1) is 8.66 Å². The summed E-state index contributed by atoms with van der Waals surface area (Å²) in [7, 11) is 0. The highest BCUT2D eigenvalue weighted by Crippen LogP contribution is 2.23. The van der Waals surface area contributed by atoms with E-state index >= 15 is 0 Å². The van der Waals surface area contributed by atoms with Crippen LogP contribution in [0.1, 0.15) is 32.9 Å².